The highest BCUT2D eigenvalue weighted by molar-refractivity contribution is 5.95. The lowest BCUT2D eigenvalue weighted by Gasteiger charge is -2.01. The van der Waals surface area contributed by atoms with Crippen molar-refractivity contribution in [3.8, 4) is 22.4 Å². The Morgan fingerprint density at radius 2 is 1.95 bits per heavy atom. The van der Waals surface area contributed by atoms with E-state index < -0.39 is 0 Å². The van der Waals surface area contributed by atoms with E-state index in [2.05, 4.69) is 19.9 Å². The Labute approximate surface area is 125 Å². The first-order chi connectivity index (χ1) is 10.8. The quantitative estimate of drug-likeness (QED) is 0.595. The van der Waals surface area contributed by atoms with Crippen molar-refractivity contribution in [2.24, 2.45) is 0 Å². The zero-order chi connectivity index (χ0) is 14.9. The van der Waals surface area contributed by atoms with E-state index >= 15 is 0 Å². The van der Waals surface area contributed by atoms with E-state index in [4.69, 9.17) is 0 Å². The minimum absolute atomic E-state index is 0.120. The number of fused-ring (bicyclic) bond motifs is 1. The molecule has 22 heavy (non-hydrogen) atoms. The second kappa shape index (κ2) is 4.96. The van der Waals surface area contributed by atoms with Crippen molar-refractivity contribution < 1.29 is 0 Å². The minimum Gasteiger partial charge on any atom is -0.339 e. The first kappa shape index (κ1) is 12.5. The zero-order valence-corrected chi connectivity index (χ0v) is 11.6. The van der Waals surface area contributed by atoms with Crippen LogP contribution in [0.15, 0.2) is 66.0 Å². The molecule has 0 unspecified atom stereocenters. The molecule has 106 valence electrons. The lowest BCUT2D eigenvalue weighted by atomic mass is 10.0. The summed E-state index contributed by atoms with van der Waals surface area (Å²) >= 11 is 0. The van der Waals surface area contributed by atoms with Gasteiger partial charge in [-0.05, 0) is 41.5 Å². The second-order valence-corrected chi connectivity index (χ2v) is 4.99. The largest absolute Gasteiger partial charge is 0.339 e. The van der Waals surface area contributed by atoms with Crippen molar-refractivity contribution in [2.75, 3.05) is 0 Å². The molecule has 0 aliphatic carbocycles. The van der Waals surface area contributed by atoms with Gasteiger partial charge in [-0.3, -0.25) is 9.78 Å². The molecule has 0 spiro atoms. The van der Waals surface area contributed by atoms with Crippen LogP contribution in [0.5, 0.6) is 0 Å². The van der Waals surface area contributed by atoms with Gasteiger partial charge in [0.25, 0.3) is 0 Å². The Kier molecular flexibility index (Phi) is 2.83. The summed E-state index contributed by atoms with van der Waals surface area (Å²) in [5.74, 6) is 0. The van der Waals surface area contributed by atoms with Crippen LogP contribution in [-0.2, 0) is 0 Å². The summed E-state index contributed by atoms with van der Waals surface area (Å²) in [6.07, 6.45) is 6.94. The topological polar surface area (TPSA) is 74.4 Å². The van der Waals surface area contributed by atoms with E-state index in [-0.39, 0.29) is 5.56 Å². The van der Waals surface area contributed by atoms with E-state index in [1.165, 1.54) is 0 Å². The number of H-pyrrole nitrogens is 2. The van der Waals surface area contributed by atoms with Gasteiger partial charge in [-0.1, -0.05) is 0 Å². The van der Waals surface area contributed by atoms with E-state index in [1.54, 1.807) is 30.9 Å². The molecule has 0 aromatic carbocycles. The highest BCUT2D eigenvalue weighted by atomic mass is 16.1. The van der Waals surface area contributed by atoms with Gasteiger partial charge in [-0.25, -0.2) is 4.98 Å². The number of pyridine rings is 3. The molecule has 5 nitrogen and oxygen atoms in total. The number of rotatable bonds is 2. The molecule has 4 aromatic rings. The Hall–Kier alpha value is -3.21. The molecular formula is C17H12N4O. The number of hydrogen-bond acceptors (Lipinski definition) is 3. The van der Waals surface area contributed by atoms with E-state index in [9.17, 15) is 4.79 Å². The molecule has 0 fully saturated rings. The molecule has 4 rings (SSSR count). The maximum Gasteiger partial charge on any atom is 0.248 e. The fourth-order valence-electron chi connectivity index (χ4n) is 2.57. The summed E-state index contributed by atoms with van der Waals surface area (Å²) in [5, 5.41) is 0.979. The van der Waals surface area contributed by atoms with Crippen LogP contribution >= 0.6 is 0 Å². The van der Waals surface area contributed by atoms with Crippen LogP contribution in [0, 0.1) is 0 Å². The van der Waals surface area contributed by atoms with Crippen molar-refractivity contribution in [3.63, 3.8) is 0 Å². The molecule has 5 heteroatoms. The Morgan fingerprint density at radius 1 is 1.00 bits per heavy atom. The molecule has 0 saturated carbocycles. The molecule has 0 amide bonds. The lowest BCUT2D eigenvalue weighted by molar-refractivity contribution is 1.24. The number of nitrogens with one attached hydrogen (secondary N) is 2. The summed E-state index contributed by atoms with van der Waals surface area (Å²) in [5.41, 5.74) is 4.46. The number of hydrogen-bond donors (Lipinski definition) is 2. The van der Waals surface area contributed by atoms with Gasteiger partial charge in [-0.2, -0.15) is 0 Å². The Morgan fingerprint density at radius 3 is 2.77 bits per heavy atom. The third kappa shape index (κ3) is 2.09. The smallest absolute Gasteiger partial charge is 0.248 e. The number of aromatic nitrogens is 4. The van der Waals surface area contributed by atoms with Crippen LogP contribution in [0.4, 0.5) is 0 Å². The van der Waals surface area contributed by atoms with Crippen LogP contribution < -0.4 is 5.56 Å². The summed E-state index contributed by atoms with van der Waals surface area (Å²) in [7, 11) is 0. The third-order valence-corrected chi connectivity index (χ3v) is 3.59. The van der Waals surface area contributed by atoms with E-state index in [0.29, 0.717) is 0 Å². The van der Waals surface area contributed by atoms with E-state index in [1.807, 2.05) is 30.3 Å². The second-order valence-electron chi connectivity index (χ2n) is 4.99. The van der Waals surface area contributed by atoms with Crippen LogP contribution in [0.25, 0.3) is 33.4 Å². The van der Waals surface area contributed by atoms with Crippen LogP contribution in [0.2, 0.25) is 0 Å². The molecule has 0 radical (unpaired) electrons. The summed E-state index contributed by atoms with van der Waals surface area (Å²) in [4.78, 5) is 26.0. The Balaban J connectivity index is 1.94. The third-order valence-electron chi connectivity index (χ3n) is 3.59. The summed E-state index contributed by atoms with van der Waals surface area (Å²) in [6.45, 7) is 0. The predicted octanol–water partition coefficient (Wildman–Crippen LogP) is 2.98. The highest BCUT2D eigenvalue weighted by Crippen LogP contribution is 2.30. The molecular weight excluding hydrogens is 276 g/mol. The maximum absolute atomic E-state index is 11.5. The monoisotopic (exact) mass is 288 g/mol. The molecule has 0 aliphatic rings. The summed E-state index contributed by atoms with van der Waals surface area (Å²) in [6, 6.07) is 11.3. The predicted molar refractivity (Wildman–Crippen MR) is 85.4 cm³/mol. The van der Waals surface area contributed by atoms with Crippen molar-refractivity contribution in [3.05, 3.63) is 71.5 Å². The SMILES string of the molecule is O=c1cc(-c2ccnc3[nH]c(-c4cccnc4)cc23)cc[nH]1. The molecule has 0 bridgehead atoms. The van der Waals surface area contributed by atoms with Crippen molar-refractivity contribution in [2.45, 2.75) is 0 Å². The highest BCUT2D eigenvalue weighted by Gasteiger charge is 2.09. The molecule has 0 atom stereocenters. The average molecular weight is 288 g/mol. The average Bonchev–Trinajstić information content (AvgIpc) is 3.00. The van der Waals surface area contributed by atoms with Crippen molar-refractivity contribution >= 4 is 11.0 Å². The first-order valence-electron chi connectivity index (χ1n) is 6.88. The van der Waals surface area contributed by atoms with Gasteiger partial charge >= 0.3 is 0 Å². The molecule has 0 saturated heterocycles. The zero-order valence-electron chi connectivity index (χ0n) is 11.6. The molecule has 4 heterocycles. The van der Waals surface area contributed by atoms with Crippen LogP contribution in [0.3, 0.4) is 0 Å². The van der Waals surface area contributed by atoms with Gasteiger partial charge in [0.1, 0.15) is 5.65 Å². The van der Waals surface area contributed by atoms with Gasteiger partial charge in [0, 0.05) is 47.5 Å². The van der Waals surface area contributed by atoms with Gasteiger partial charge in [0.15, 0.2) is 0 Å². The Bertz CT molecular complexity index is 1000. The van der Waals surface area contributed by atoms with Crippen molar-refractivity contribution in [1.82, 2.24) is 19.9 Å². The van der Waals surface area contributed by atoms with Gasteiger partial charge in [0.05, 0.1) is 0 Å². The first-order valence-corrected chi connectivity index (χ1v) is 6.88. The molecule has 4 aromatic heterocycles. The minimum atomic E-state index is -0.120. The summed E-state index contributed by atoms with van der Waals surface area (Å²) < 4.78 is 0. The normalized spacial score (nSPS) is 10.9. The van der Waals surface area contributed by atoms with Crippen LogP contribution in [-0.4, -0.2) is 19.9 Å². The van der Waals surface area contributed by atoms with Gasteiger partial charge in [0.2, 0.25) is 5.56 Å². The van der Waals surface area contributed by atoms with Crippen molar-refractivity contribution in [1.29, 1.82) is 0 Å². The maximum atomic E-state index is 11.5. The lowest BCUT2D eigenvalue weighted by Crippen LogP contribution is -2.02. The van der Waals surface area contributed by atoms with Crippen LogP contribution in [0.1, 0.15) is 0 Å². The fraction of sp³-hybridized carbons (Fsp3) is 0. The fourth-order valence-corrected chi connectivity index (χ4v) is 2.57. The van der Waals surface area contributed by atoms with Gasteiger partial charge in [-0.15, -0.1) is 0 Å². The van der Waals surface area contributed by atoms with Gasteiger partial charge < -0.3 is 9.97 Å². The molecule has 0 aliphatic heterocycles. The standard InChI is InChI=1S/C17H12N4O/c22-16-8-11(3-6-19-16)13-4-7-20-17-14(13)9-15(21-17)12-2-1-5-18-10-12/h1-10H,(H,19,22)(H,20,21). The molecule has 2 N–H and O–H groups in total. The number of nitrogens with zero attached hydrogens (tertiary/aromatic N) is 2. The number of aromatic amines is 2. The van der Waals surface area contributed by atoms with E-state index in [0.717, 1.165) is 33.4 Å².